The molecule has 16 heavy (non-hydrogen) atoms. The molecule has 0 rings (SSSR count). The van der Waals surface area contributed by atoms with Crippen molar-refractivity contribution in [1.82, 2.24) is 0 Å². The fourth-order valence-corrected chi connectivity index (χ4v) is 3.10. The topological polar surface area (TPSA) is 0 Å². The molecule has 0 aliphatic carbocycles. The Hall–Kier alpha value is 0. The molecule has 0 heteroatoms. The Balaban J connectivity index is 4.86. The normalized spacial score (nSPS) is 18.2. The molecular formula is C16H33. The number of rotatable bonds is 7. The first-order valence-corrected chi connectivity index (χ1v) is 7.14. The van der Waals surface area contributed by atoms with Crippen molar-refractivity contribution in [2.24, 2.45) is 23.2 Å². The van der Waals surface area contributed by atoms with E-state index in [9.17, 15) is 0 Å². The Kier molecular flexibility index (Phi) is 6.67. The summed E-state index contributed by atoms with van der Waals surface area (Å²) in [5, 5.41) is 0. The summed E-state index contributed by atoms with van der Waals surface area (Å²) in [7, 11) is 0. The first-order chi connectivity index (χ1) is 7.28. The predicted octanol–water partition coefficient (Wildman–Crippen LogP) is 5.73. The minimum atomic E-state index is 0.451. The van der Waals surface area contributed by atoms with E-state index in [1.54, 1.807) is 5.92 Å². The van der Waals surface area contributed by atoms with E-state index in [1.165, 1.54) is 19.3 Å². The van der Waals surface area contributed by atoms with Gasteiger partial charge in [-0.25, -0.2) is 0 Å². The number of hydrogen-bond donors (Lipinski definition) is 0. The van der Waals surface area contributed by atoms with Gasteiger partial charge in [-0.15, -0.1) is 0 Å². The fourth-order valence-electron chi connectivity index (χ4n) is 3.10. The maximum Gasteiger partial charge on any atom is -0.0154 e. The highest BCUT2D eigenvalue weighted by molar-refractivity contribution is 5.07. The molecule has 1 radical (unpaired) electrons. The molecule has 0 saturated carbocycles. The molecule has 0 aliphatic heterocycles. The van der Waals surface area contributed by atoms with Gasteiger partial charge < -0.3 is 0 Å². The Morgan fingerprint density at radius 1 is 1.00 bits per heavy atom. The van der Waals surface area contributed by atoms with Gasteiger partial charge in [0.2, 0.25) is 0 Å². The third-order valence-corrected chi connectivity index (χ3v) is 4.34. The monoisotopic (exact) mass is 225 g/mol. The highest BCUT2D eigenvalue weighted by Crippen LogP contribution is 2.46. The van der Waals surface area contributed by atoms with Gasteiger partial charge in [0.25, 0.3) is 0 Å². The molecule has 2 atom stereocenters. The van der Waals surface area contributed by atoms with E-state index < -0.39 is 0 Å². The molecule has 97 valence electrons. The third kappa shape index (κ3) is 4.11. The van der Waals surface area contributed by atoms with Crippen molar-refractivity contribution in [2.75, 3.05) is 0 Å². The molecule has 0 heterocycles. The van der Waals surface area contributed by atoms with Gasteiger partial charge in [-0.1, -0.05) is 61.8 Å². The van der Waals surface area contributed by atoms with Crippen molar-refractivity contribution in [3.63, 3.8) is 0 Å². The van der Waals surface area contributed by atoms with E-state index in [1.807, 2.05) is 0 Å². The second-order valence-electron chi connectivity index (χ2n) is 6.42. The average molecular weight is 225 g/mol. The molecule has 0 aromatic heterocycles. The smallest absolute Gasteiger partial charge is 0.0154 e. The van der Waals surface area contributed by atoms with Gasteiger partial charge in [0, 0.05) is 0 Å². The van der Waals surface area contributed by atoms with E-state index in [4.69, 9.17) is 0 Å². The van der Waals surface area contributed by atoms with Crippen molar-refractivity contribution in [3.05, 3.63) is 5.92 Å². The van der Waals surface area contributed by atoms with Crippen LogP contribution < -0.4 is 0 Å². The van der Waals surface area contributed by atoms with Crippen molar-refractivity contribution in [3.8, 4) is 0 Å². The van der Waals surface area contributed by atoms with Crippen LogP contribution >= 0.6 is 0 Å². The molecule has 0 N–H and O–H groups in total. The summed E-state index contributed by atoms with van der Waals surface area (Å²) in [6.07, 6.45) is 3.87. The van der Waals surface area contributed by atoms with E-state index in [0.717, 1.165) is 17.8 Å². The summed E-state index contributed by atoms with van der Waals surface area (Å²) >= 11 is 0. The molecule has 0 aliphatic rings. The molecule has 0 aromatic rings. The van der Waals surface area contributed by atoms with Crippen LogP contribution in [0.1, 0.15) is 74.7 Å². The summed E-state index contributed by atoms with van der Waals surface area (Å²) in [5.74, 6) is 4.12. The first-order valence-electron chi connectivity index (χ1n) is 7.14. The largest absolute Gasteiger partial charge is 0.0648 e. The zero-order chi connectivity index (χ0) is 12.9. The van der Waals surface area contributed by atoms with Gasteiger partial charge in [-0.3, -0.25) is 0 Å². The molecule has 0 nitrogen and oxygen atoms in total. The third-order valence-electron chi connectivity index (χ3n) is 4.34. The molecule has 0 amide bonds. The first kappa shape index (κ1) is 16.0. The second kappa shape index (κ2) is 6.67. The van der Waals surface area contributed by atoms with Crippen LogP contribution in [0, 0.1) is 29.1 Å². The van der Waals surface area contributed by atoms with Crippen molar-refractivity contribution < 1.29 is 0 Å². The Labute approximate surface area is 104 Å². The molecule has 0 bridgehead atoms. The van der Waals surface area contributed by atoms with Crippen LogP contribution in [-0.4, -0.2) is 0 Å². The van der Waals surface area contributed by atoms with Crippen LogP contribution in [0.5, 0.6) is 0 Å². The standard InChI is InChI=1S/C16H33/c1-9-15(14(7)13(5)6)16(8,10-2)11-12(3)4/h12-14H,9-11H2,1-8H3. The van der Waals surface area contributed by atoms with E-state index in [0.29, 0.717) is 5.41 Å². The maximum atomic E-state index is 2.48. The highest BCUT2D eigenvalue weighted by Gasteiger charge is 2.36. The lowest BCUT2D eigenvalue weighted by molar-refractivity contribution is 0.198. The molecule has 2 unspecified atom stereocenters. The van der Waals surface area contributed by atoms with Crippen molar-refractivity contribution >= 4 is 0 Å². The lowest BCUT2D eigenvalue weighted by Gasteiger charge is -2.42. The van der Waals surface area contributed by atoms with Crippen LogP contribution in [0.25, 0.3) is 0 Å². The highest BCUT2D eigenvalue weighted by atomic mass is 14.4. The van der Waals surface area contributed by atoms with Gasteiger partial charge in [0.1, 0.15) is 0 Å². The van der Waals surface area contributed by atoms with Gasteiger partial charge in [0.15, 0.2) is 0 Å². The maximum absolute atomic E-state index is 2.48. The van der Waals surface area contributed by atoms with E-state index in [2.05, 4.69) is 55.4 Å². The predicted molar refractivity (Wildman–Crippen MR) is 75.4 cm³/mol. The zero-order valence-corrected chi connectivity index (χ0v) is 12.9. The summed E-state index contributed by atoms with van der Waals surface area (Å²) in [5.41, 5.74) is 0.451. The fraction of sp³-hybridized carbons (Fsp3) is 0.938. The summed E-state index contributed by atoms with van der Waals surface area (Å²) < 4.78 is 0. The molecule has 0 spiro atoms. The molecule has 0 fully saturated rings. The van der Waals surface area contributed by atoms with E-state index >= 15 is 0 Å². The molecular weight excluding hydrogens is 192 g/mol. The van der Waals surface area contributed by atoms with Crippen molar-refractivity contribution in [2.45, 2.75) is 74.7 Å². The Bertz CT molecular complexity index is 180. The minimum Gasteiger partial charge on any atom is -0.0648 e. The lowest BCUT2D eigenvalue weighted by atomic mass is 9.62. The summed E-state index contributed by atoms with van der Waals surface area (Å²) in [6, 6.07) is 0. The molecule has 0 saturated heterocycles. The quantitative estimate of drug-likeness (QED) is 0.519. The van der Waals surface area contributed by atoms with Gasteiger partial charge in [-0.2, -0.15) is 0 Å². The lowest BCUT2D eigenvalue weighted by Crippen LogP contribution is -2.32. The van der Waals surface area contributed by atoms with Crippen LogP contribution in [0.4, 0.5) is 0 Å². The van der Waals surface area contributed by atoms with E-state index in [-0.39, 0.29) is 0 Å². The van der Waals surface area contributed by atoms with Crippen LogP contribution in [0.2, 0.25) is 0 Å². The summed E-state index contributed by atoms with van der Waals surface area (Å²) in [4.78, 5) is 0. The average Bonchev–Trinajstić information content (AvgIpc) is 2.17. The van der Waals surface area contributed by atoms with Crippen LogP contribution in [0.15, 0.2) is 0 Å². The van der Waals surface area contributed by atoms with Crippen LogP contribution in [-0.2, 0) is 0 Å². The number of hydrogen-bond acceptors (Lipinski definition) is 0. The second-order valence-corrected chi connectivity index (χ2v) is 6.42. The zero-order valence-electron chi connectivity index (χ0n) is 12.9. The molecule has 0 aromatic carbocycles. The Morgan fingerprint density at radius 2 is 1.50 bits per heavy atom. The Morgan fingerprint density at radius 3 is 1.75 bits per heavy atom. The van der Waals surface area contributed by atoms with Crippen molar-refractivity contribution in [1.29, 1.82) is 0 Å². The van der Waals surface area contributed by atoms with Crippen LogP contribution in [0.3, 0.4) is 0 Å². The van der Waals surface area contributed by atoms with Gasteiger partial charge in [-0.05, 0) is 41.9 Å². The minimum absolute atomic E-state index is 0.451. The SMILES string of the molecule is CC[C](C(C)C(C)C)C(C)(CC)CC(C)C. The summed E-state index contributed by atoms with van der Waals surface area (Å²) in [6.45, 7) is 19.0. The van der Waals surface area contributed by atoms with Gasteiger partial charge in [0.05, 0.1) is 0 Å². The van der Waals surface area contributed by atoms with Gasteiger partial charge >= 0.3 is 0 Å².